The molecule has 9 heteroatoms. The minimum absolute atomic E-state index is 0.0588. The zero-order chi connectivity index (χ0) is 23.2. The maximum atomic E-state index is 12.8. The number of ether oxygens (including phenoxy) is 4. The summed E-state index contributed by atoms with van der Waals surface area (Å²) in [5.41, 5.74) is -0.109. The molecule has 0 aliphatic carbocycles. The zero-order valence-corrected chi connectivity index (χ0v) is 17.9. The maximum absolute atomic E-state index is 12.8. The Morgan fingerprint density at radius 1 is 1.09 bits per heavy atom. The molecular formula is C23H26O9. The fraction of sp³-hybridized carbons (Fsp3) is 0.435. The summed E-state index contributed by atoms with van der Waals surface area (Å²) in [4.78, 5) is 12.8. The molecule has 4 rings (SSSR count). The predicted molar refractivity (Wildman–Crippen MR) is 113 cm³/mol. The van der Waals surface area contributed by atoms with E-state index in [9.17, 15) is 25.2 Å². The largest absolute Gasteiger partial charge is 0.482 e. The molecule has 2 aliphatic rings. The van der Waals surface area contributed by atoms with Crippen molar-refractivity contribution >= 4 is 22.8 Å². The van der Waals surface area contributed by atoms with Crippen molar-refractivity contribution < 1.29 is 44.2 Å². The van der Waals surface area contributed by atoms with Crippen LogP contribution in [0.15, 0.2) is 30.3 Å². The van der Waals surface area contributed by atoms with Gasteiger partial charge in [0.1, 0.15) is 47.1 Å². The second-order valence-corrected chi connectivity index (χ2v) is 8.34. The monoisotopic (exact) mass is 446 g/mol. The predicted octanol–water partition coefficient (Wildman–Crippen LogP) is 0.989. The molecule has 32 heavy (non-hydrogen) atoms. The van der Waals surface area contributed by atoms with Crippen molar-refractivity contribution in [1.82, 2.24) is 0 Å². The van der Waals surface area contributed by atoms with Gasteiger partial charge >= 0.3 is 5.97 Å². The number of carbonyl (C=O) groups is 1. The van der Waals surface area contributed by atoms with Crippen molar-refractivity contribution in [2.75, 3.05) is 13.7 Å². The van der Waals surface area contributed by atoms with Gasteiger partial charge in [-0.3, -0.25) is 0 Å². The van der Waals surface area contributed by atoms with E-state index in [1.54, 1.807) is 24.3 Å². The second kappa shape index (κ2) is 8.34. The van der Waals surface area contributed by atoms with E-state index in [0.29, 0.717) is 22.1 Å². The van der Waals surface area contributed by atoms with Gasteiger partial charge in [0, 0.05) is 16.3 Å². The Morgan fingerprint density at radius 2 is 1.78 bits per heavy atom. The number of benzene rings is 2. The molecule has 2 aromatic rings. The van der Waals surface area contributed by atoms with Crippen LogP contribution >= 0.6 is 0 Å². The lowest BCUT2D eigenvalue weighted by atomic mass is 9.93. The van der Waals surface area contributed by atoms with Crippen molar-refractivity contribution in [3.05, 3.63) is 41.5 Å². The number of hydrogen-bond donors (Lipinski definition) is 4. The zero-order valence-electron chi connectivity index (χ0n) is 17.9. The molecule has 2 heterocycles. The molecule has 172 valence electrons. The fourth-order valence-electron chi connectivity index (χ4n) is 3.95. The highest BCUT2D eigenvalue weighted by Gasteiger charge is 2.45. The molecule has 5 atom stereocenters. The summed E-state index contributed by atoms with van der Waals surface area (Å²) >= 11 is 0. The van der Waals surface area contributed by atoms with Crippen LogP contribution in [0.2, 0.25) is 0 Å². The van der Waals surface area contributed by atoms with E-state index in [1.807, 2.05) is 26.0 Å². The lowest BCUT2D eigenvalue weighted by Crippen LogP contribution is -2.60. The quantitative estimate of drug-likeness (QED) is 0.507. The van der Waals surface area contributed by atoms with Gasteiger partial charge in [0.2, 0.25) is 6.29 Å². The van der Waals surface area contributed by atoms with E-state index in [-0.39, 0.29) is 11.3 Å². The van der Waals surface area contributed by atoms with Crippen molar-refractivity contribution in [1.29, 1.82) is 0 Å². The standard InChI is InChI=1S/C23H26O9/c1-23(2)9-8-13-15(21(28)29-3)20(12-7-5-4-6-11(12)19(13)32-23)31-22-18(27)17(26)16(25)14(10-24)30-22/h4-9,14,16-18,22,24-27H,10H2,1-3H3/t14-,16-,17+,18-,22+/m1/s1. The van der Waals surface area contributed by atoms with Gasteiger partial charge in [0.25, 0.3) is 0 Å². The van der Waals surface area contributed by atoms with Crippen molar-refractivity contribution in [2.45, 2.75) is 50.2 Å². The Hall–Kier alpha value is -2.69. The lowest BCUT2D eigenvalue weighted by Gasteiger charge is -2.40. The Balaban J connectivity index is 1.90. The number of hydrogen-bond acceptors (Lipinski definition) is 9. The molecule has 1 fully saturated rings. The Labute approximate surface area is 184 Å². The van der Waals surface area contributed by atoms with E-state index in [1.165, 1.54) is 7.11 Å². The normalized spacial score (nSPS) is 28.7. The van der Waals surface area contributed by atoms with Gasteiger partial charge in [-0.05, 0) is 19.9 Å². The lowest BCUT2D eigenvalue weighted by molar-refractivity contribution is -0.277. The molecule has 9 nitrogen and oxygen atoms in total. The third kappa shape index (κ3) is 3.72. The first-order chi connectivity index (χ1) is 15.2. The van der Waals surface area contributed by atoms with Crippen LogP contribution in [-0.4, -0.2) is 76.4 Å². The van der Waals surface area contributed by atoms with Crippen LogP contribution in [0.25, 0.3) is 16.8 Å². The van der Waals surface area contributed by atoms with E-state index in [4.69, 9.17) is 18.9 Å². The van der Waals surface area contributed by atoms with Gasteiger partial charge in [-0.25, -0.2) is 4.79 Å². The van der Waals surface area contributed by atoms with E-state index < -0.39 is 48.9 Å². The van der Waals surface area contributed by atoms with Crippen molar-refractivity contribution in [3.63, 3.8) is 0 Å². The molecule has 2 aliphatic heterocycles. The fourth-order valence-corrected chi connectivity index (χ4v) is 3.95. The number of aliphatic hydroxyl groups is 4. The first-order valence-electron chi connectivity index (χ1n) is 10.2. The topological polar surface area (TPSA) is 135 Å². The van der Waals surface area contributed by atoms with Crippen LogP contribution in [0.1, 0.15) is 29.8 Å². The van der Waals surface area contributed by atoms with Crippen LogP contribution in [0.3, 0.4) is 0 Å². The Bertz CT molecular complexity index is 1060. The number of rotatable bonds is 4. The van der Waals surface area contributed by atoms with Gasteiger partial charge < -0.3 is 39.4 Å². The maximum Gasteiger partial charge on any atom is 0.342 e. The van der Waals surface area contributed by atoms with Crippen molar-refractivity contribution in [3.8, 4) is 11.5 Å². The average Bonchev–Trinajstić information content (AvgIpc) is 2.78. The number of methoxy groups -OCH3 is 1. The third-order valence-corrected chi connectivity index (χ3v) is 5.65. The minimum Gasteiger partial charge on any atom is -0.482 e. The SMILES string of the molecule is COC(=O)c1c2c(c3ccccc3c1O[C@@H]1O[C@H](CO)[C@@H](O)[C@H](O)[C@H]1O)OC(C)(C)C=C2. The van der Waals surface area contributed by atoms with Crippen LogP contribution < -0.4 is 9.47 Å². The van der Waals surface area contributed by atoms with Gasteiger partial charge in [0.05, 0.1) is 13.7 Å². The van der Waals surface area contributed by atoms with Crippen molar-refractivity contribution in [2.24, 2.45) is 0 Å². The smallest absolute Gasteiger partial charge is 0.342 e. The first-order valence-corrected chi connectivity index (χ1v) is 10.2. The molecule has 0 radical (unpaired) electrons. The summed E-state index contributed by atoms with van der Waals surface area (Å²) in [6.07, 6.45) is -3.88. The highest BCUT2D eigenvalue weighted by molar-refractivity contribution is 6.08. The summed E-state index contributed by atoms with van der Waals surface area (Å²) in [7, 11) is 1.24. The number of carbonyl (C=O) groups excluding carboxylic acids is 1. The van der Waals surface area contributed by atoms with Gasteiger partial charge in [-0.2, -0.15) is 0 Å². The molecule has 0 aromatic heterocycles. The summed E-state index contributed by atoms with van der Waals surface area (Å²) < 4.78 is 22.6. The minimum atomic E-state index is -1.64. The summed E-state index contributed by atoms with van der Waals surface area (Å²) in [5, 5.41) is 41.3. The number of esters is 1. The first kappa shape index (κ1) is 22.5. The van der Waals surface area contributed by atoms with E-state index in [2.05, 4.69) is 0 Å². The molecule has 0 spiro atoms. The molecule has 0 amide bonds. The van der Waals surface area contributed by atoms with Crippen LogP contribution in [-0.2, 0) is 9.47 Å². The van der Waals surface area contributed by atoms with E-state index in [0.717, 1.165) is 0 Å². The molecule has 0 unspecified atom stereocenters. The summed E-state index contributed by atoms with van der Waals surface area (Å²) in [6.45, 7) is 3.17. The van der Waals surface area contributed by atoms with Gasteiger partial charge in [0.15, 0.2) is 0 Å². The molecule has 0 saturated carbocycles. The number of fused-ring (bicyclic) bond motifs is 3. The molecule has 0 bridgehead atoms. The molecular weight excluding hydrogens is 420 g/mol. The molecule has 2 aromatic carbocycles. The van der Waals surface area contributed by atoms with Crippen LogP contribution in [0.5, 0.6) is 11.5 Å². The van der Waals surface area contributed by atoms with Crippen LogP contribution in [0.4, 0.5) is 0 Å². The number of aliphatic hydroxyl groups excluding tert-OH is 4. The van der Waals surface area contributed by atoms with Gasteiger partial charge in [-0.1, -0.05) is 30.3 Å². The van der Waals surface area contributed by atoms with Crippen LogP contribution in [0, 0.1) is 0 Å². The average molecular weight is 446 g/mol. The summed E-state index contributed by atoms with van der Waals surface area (Å²) in [5.74, 6) is -0.155. The Kier molecular flexibility index (Phi) is 5.87. The molecule has 4 N–H and O–H groups in total. The summed E-state index contributed by atoms with van der Waals surface area (Å²) in [6, 6.07) is 7.09. The van der Waals surface area contributed by atoms with Gasteiger partial charge in [-0.15, -0.1) is 0 Å². The third-order valence-electron chi connectivity index (χ3n) is 5.65. The highest BCUT2D eigenvalue weighted by Crippen LogP contribution is 2.46. The molecule has 1 saturated heterocycles. The Morgan fingerprint density at radius 3 is 2.44 bits per heavy atom. The second-order valence-electron chi connectivity index (χ2n) is 8.34. The highest BCUT2D eigenvalue weighted by atomic mass is 16.7. The van der Waals surface area contributed by atoms with E-state index >= 15 is 0 Å².